The Bertz CT molecular complexity index is 491. The molecule has 3 nitrogen and oxygen atoms in total. The average Bonchev–Trinajstić information content (AvgIpc) is 2.55. The van der Waals surface area contributed by atoms with Crippen molar-refractivity contribution in [3.05, 3.63) is 35.9 Å². The summed E-state index contributed by atoms with van der Waals surface area (Å²) in [5.41, 5.74) is 1.63. The molecule has 22 heavy (non-hydrogen) atoms. The van der Waals surface area contributed by atoms with Crippen LogP contribution in [-0.2, 0) is 11.3 Å². The van der Waals surface area contributed by atoms with Crippen molar-refractivity contribution < 1.29 is 4.79 Å². The Hall–Kier alpha value is -1.35. The van der Waals surface area contributed by atoms with Crippen molar-refractivity contribution in [3.8, 4) is 0 Å². The standard InChI is InChI=1S/C19H28N2O/c1-2-12-20-13-10-19(11-14-20)9-8-18(22)21(16-19)15-17-6-4-3-5-7-17/h3-7H,2,8-16H2,1H3. The molecule has 0 aliphatic carbocycles. The van der Waals surface area contributed by atoms with Crippen LogP contribution in [-0.4, -0.2) is 41.9 Å². The summed E-state index contributed by atoms with van der Waals surface area (Å²) in [6.45, 7) is 7.64. The SMILES string of the molecule is CCCN1CCC2(CCC(=O)N(Cc3ccccc3)C2)CC1. The van der Waals surface area contributed by atoms with Crippen molar-refractivity contribution in [2.24, 2.45) is 5.41 Å². The Kier molecular flexibility index (Phi) is 4.82. The molecule has 120 valence electrons. The van der Waals surface area contributed by atoms with Crippen LogP contribution in [0.5, 0.6) is 0 Å². The maximum absolute atomic E-state index is 12.3. The van der Waals surface area contributed by atoms with Crippen LogP contribution < -0.4 is 0 Å². The number of benzene rings is 1. The van der Waals surface area contributed by atoms with Gasteiger partial charge in [0.05, 0.1) is 0 Å². The summed E-state index contributed by atoms with van der Waals surface area (Å²) >= 11 is 0. The van der Waals surface area contributed by atoms with Gasteiger partial charge in [0.25, 0.3) is 0 Å². The topological polar surface area (TPSA) is 23.6 Å². The van der Waals surface area contributed by atoms with E-state index in [2.05, 4.69) is 41.0 Å². The summed E-state index contributed by atoms with van der Waals surface area (Å²) in [7, 11) is 0. The van der Waals surface area contributed by atoms with Crippen LogP contribution in [0.1, 0.15) is 44.6 Å². The van der Waals surface area contributed by atoms with Crippen molar-refractivity contribution >= 4 is 5.91 Å². The number of hydrogen-bond acceptors (Lipinski definition) is 2. The highest BCUT2D eigenvalue weighted by Gasteiger charge is 2.40. The summed E-state index contributed by atoms with van der Waals surface area (Å²) in [4.78, 5) is 17.0. The molecule has 0 radical (unpaired) electrons. The van der Waals surface area contributed by atoms with Gasteiger partial charge in [0, 0.05) is 19.5 Å². The number of nitrogens with zero attached hydrogens (tertiary/aromatic N) is 2. The van der Waals surface area contributed by atoms with Gasteiger partial charge in [-0.25, -0.2) is 0 Å². The highest BCUT2D eigenvalue weighted by molar-refractivity contribution is 5.77. The van der Waals surface area contributed by atoms with Gasteiger partial charge in [-0.2, -0.15) is 0 Å². The molecule has 1 aromatic rings. The summed E-state index contributed by atoms with van der Waals surface area (Å²) in [5.74, 6) is 0.338. The normalized spacial score (nSPS) is 22.2. The van der Waals surface area contributed by atoms with Crippen LogP contribution in [0.15, 0.2) is 30.3 Å². The third-order valence-electron chi connectivity index (χ3n) is 5.42. The van der Waals surface area contributed by atoms with E-state index in [0.717, 1.165) is 25.9 Å². The molecule has 2 heterocycles. The quantitative estimate of drug-likeness (QED) is 0.852. The first-order chi connectivity index (χ1) is 10.7. The first-order valence-corrected chi connectivity index (χ1v) is 8.75. The van der Waals surface area contributed by atoms with Crippen molar-refractivity contribution in [2.75, 3.05) is 26.2 Å². The average molecular weight is 300 g/mol. The van der Waals surface area contributed by atoms with Crippen molar-refractivity contribution in [1.82, 2.24) is 9.80 Å². The molecule has 0 atom stereocenters. The van der Waals surface area contributed by atoms with Crippen LogP contribution in [0.2, 0.25) is 0 Å². The molecular formula is C19H28N2O. The summed E-state index contributed by atoms with van der Waals surface area (Å²) in [5, 5.41) is 0. The Morgan fingerprint density at radius 3 is 2.50 bits per heavy atom. The van der Waals surface area contributed by atoms with E-state index >= 15 is 0 Å². The fourth-order valence-corrected chi connectivity index (χ4v) is 4.03. The monoisotopic (exact) mass is 300 g/mol. The Labute approximate surface area is 134 Å². The molecule has 0 saturated carbocycles. The number of carbonyl (C=O) groups excluding carboxylic acids is 1. The summed E-state index contributed by atoms with van der Waals surface area (Å²) in [6.07, 6.45) is 5.58. The fraction of sp³-hybridized carbons (Fsp3) is 0.632. The van der Waals surface area contributed by atoms with E-state index < -0.39 is 0 Å². The zero-order chi connectivity index (χ0) is 15.4. The molecule has 1 spiro atoms. The minimum atomic E-state index is 0.338. The molecule has 1 aromatic carbocycles. The van der Waals surface area contributed by atoms with E-state index in [9.17, 15) is 4.79 Å². The summed E-state index contributed by atoms with van der Waals surface area (Å²) in [6, 6.07) is 10.4. The molecule has 2 saturated heterocycles. The predicted octanol–water partition coefficient (Wildman–Crippen LogP) is 3.30. The predicted molar refractivity (Wildman–Crippen MR) is 89.5 cm³/mol. The number of piperidine rings is 2. The highest BCUT2D eigenvalue weighted by Crippen LogP contribution is 2.40. The van der Waals surface area contributed by atoms with E-state index in [1.807, 2.05) is 6.07 Å². The van der Waals surface area contributed by atoms with Crippen molar-refractivity contribution in [3.63, 3.8) is 0 Å². The number of carbonyl (C=O) groups is 1. The van der Waals surface area contributed by atoms with Gasteiger partial charge in [-0.15, -0.1) is 0 Å². The van der Waals surface area contributed by atoms with Crippen LogP contribution in [0.4, 0.5) is 0 Å². The molecular weight excluding hydrogens is 272 g/mol. The van der Waals surface area contributed by atoms with Crippen LogP contribution in [0.3, 0.4) is 0 Å². The summed E-state index contributed by atoms with van der Waals surface area (Å²) < 4.78 is 0. The molecule has 3 rings (SSSR count). The highest BCUT2D eigenvalue weighted by atomic mass is 16.2. The van der Waals surface area contributed by atoms with E-state index in [-0.39, 0.29) is 0 Å². The lowest BCUT2D eigenvalue weighted by Gasteiger charge is -2.47. The number of likely N-dealkylation sites (tertiary alicyclic amines) is 2. The Balaban J connectivity index is 1.62. The largest absolute Gasteiger partial charge is 0.338 e. The Morgan fingerprint density at radius 1 is 1.09 bits per heavy atom. The molecule has 0 N–H and O–H groups in total. The maximum atomic E-state index is 12.3. The van der Waals surface area contributed by atoms with Crippen molar-refractivity contribution in [1.29, 1.82) is 0 Å². The fourth-order valence-electron chi connectivity index (χ4n) is 4.03. The molecule has 2 aliphatic rings. The minimum Gasteiger partial charge on any atom is -0.338 e. The number of hydrogen-bond donors (Lipinski definition) is 0. The minimum absolute atomic E-state index is 0.338. The molecule has 0 unspecified atom stereocenters. The number of amides is 1. The van der Waals surface area contributed by atoms with Crippen molar-refractivity contribution in [2.45, 2.75) is 45.6 Å². The van der Waals surface area contributed by atoms with Gasteiger partial charge in [0.1, 0.15) is 0 Å². The third-order valence-corrected chi connectivity index (χ3v) is 5.42. The molecule has 0 aromatic heterocycles. The van der Waals surface area contributed by atoms with Gasteiger partial charge in [-0.3, -0.25) is 4.79 Å². The van der Waals surface area contributed by atoms with Crippen LogP contribution in [0.25, 0.3) is 0 Å². The second-order valence-corrected chi connectivity index (χ2v) is 7.08. The first-order valence-electron chi connectivity index (χ1n) is 8.75. The Morgan fingerprint density at radius 2 is 1.82 bits per heavy atom. The van der Waals surface area contributed by atoms with Gasteiger partial charge in [0.2, 0.25) is 5.91 Å². The molecule has 2 fully saturated rings. The number of rotatable bonds is 4. The van der Waals surface area contributed by atoms with Gasteiger partial charge in [0.15, 0.2) is 0 Å². The zero-order valence-electron chi connectivity index (χ0n) is 13.8. The second kappa shape index (κ2) is 6.82. The zero-order valence-corrected chi connectivity index (χ0v) is 13.8. The lowest BCUT2D eigenvalue weighted by molar-refractivity contribution is -0.139. The third kappa shape index (κ3) is 3.52. The van der Waals surface area contributed by atoms with Crippen LogP contribution >= 0.6 is 0 Å². The van der Waals surface area contributed by atoms with Gasteiger partial charge in [-0.05, 0) is 56.3 Å². The van der Waals surface area contributed by atoms with E-state index in [1.54, 1.807) is 0 Å². The smallest absolute Gasteiger partial charge is 0.222 e. The van der Waals surface area contributed by atoms with Gasteiger partial charge < -0.3 is 9.80 Å². The molecule has 0 bridgehead atoms. The molecule has 1 amide bonds. The lowest BCUT2D eigenvalue weighted by Crippen LogP contribution is -2.51. The molecule has 2 aliphatic heterocycles. The first kappa shape index (κ1) is 15.5. The van der Waals surface area contributed by atoms with E-state index in [4.69, 9.17) is 0 Å². The van der Waals surface area contributed by atoms with E-state index in [0.29, 0.717) is 11.3 Å². The second-order valence-electron chi connectivity index (χ2n) is 7.08. The van der Waals surface area contributed by atoms with Gasteiger partial charge >= 0.3 is 0 Å². The molecule has 3 heteroatoms. The maximum Gasteiger partial charge on any atom is 0.222 e. The van der Waals surface area contributed by atoms with Crippen LogP contribution in [0, 0.1) is 5.41 Å². The van der Waals surface area contributed by atoms with E-state index in [1.165, 1.54) is 44.5 Å². The lowest BCUT2D eigenvalue weighted by atomic mass is 9.72. The van der Waals surface area contributed by atoms with Gasteiger partial charge in [-0.1, -0.05) is 37.3 Å².